The second kappa shape index (κ2) is 4.40. The average molecular weight is 265 g/mol. The van der Waals surface area contributed by atoms with Crippen LogP contribution < -0.4 is 0 Å². The smallest absolute Gasteiger partial charge is 0.178 e. The molecule has 1 aromatic heterocycles. The van der Waals surface area contributed by atoms with E-state index < -0.39 is 0 Å². The molecule has 100 valence electrons. The van der Waals surface area contributed by atoms with E-state index in [2.05, 4.69) is 20.6 Å². The van der Waals surface area contributed by atoms with Gasteiger partial charge in [0.1, 0.15) is 0 Å². The number of imidazole rings is 1. The summed E-state index contributed by atoms with van der Waals surface area (Å²) in [5, 5.41) is 0. The van der Waals surface area contributed by atoms with Crippen molar-refractivity contribution in [3.8, 4) is 0 Å². The number of carbonyl (C=O) groups excluding carboxylic acids is 1. The first-order valence-corrected chi connectivity index (χ1v) is 6.97. The molecule has 0 saturated heterocycles. The summed E-state index contributed by atoms with van der Waals surface area (Å²) in [5.41, 5.74) is 2.96. The molecule has 1 aliphatic heterocycles. The van der Waals surface area contributed by atoms with E-state index in [1.165, 1.54) is 5.56 Å². The lowest BCUT2D eigenvalue weighted by Crippen LogP contribution is -2.31. The standard InChI is InChI=1S/C16H15N3O/c20-15-8-11(9-19-6-5-17-10-19)7-13-12-3-1-2-4-14(12)18-16(13)15/h1-6,10-11,13H,7-9H2. The lowest BCUT2D eigenvalue weighted by molar-refractivity contribution is -0.114. The Kier molecular flexibility index (Phi) is 2.55. The highest BCUT2D eigenvalue weighted by Gasteiger charge is 2.38. The van der Waals surface area contributed by atoms with Gasteiger partial charge < -0.3 is 4.57 Å². The quantitative estimate of drug-likeness (QED) is 0.838. The number of fused-ring (bicyclic) bond motifs is 3. The Labute approximate surface area is 117 Å². The monoisotopic (exact) mass is 265 g/mol. The zero-order chi connectivity index (χ0) is 13.5. The van der Waals surface area contributed by atoms with Crippen LogP contribution >= 0.6 is 0 Å². The van der Waals surface area contributed by atoms with Gasteiger partial charge in [0.25, 0.3) is 0 Å². The van der Waals surface area contributed by atoms with Crippen molar-refractivity contribution in [2.75, 3.05) is 0 Å². The predicted octanol–water partition coefficient (Wildman–Crippen LogP) is 2.73. The minimum Gasteiger partial charge on any atom is -0.337 e. The largest absolute Gasteiger partial charge is 0.337 e. The fourth-order valence-electron chi connectivity index (χ4n) is 3.35. The van der Waals surface area contributed by atoms with Crippen molar-refractivity contribution in [1.29, 1.82) is 0 Å². The van der Waals surface area contributed by atoms with Crippen molar-refractivity contribution < 1.29 is 4.79 Å². The normalized spacial score (nSPS) is 24.2. The molecule has 0 bridgehead atoms. The zero-order valence-corrected chi connectivity index (χ0v) is 11.1. The molecule has 2 aliphatic rings. The van der Waals surface area contributed by atoms with Crippen LogP contribution in [0, 0.1) is 5.92 Å². The Morgan fingerprint density at radius 3 is 3.05 bits per heavy atom. The molecule has 0 spiro atoms. The van der Waals surface area contributed by atoms with Gasteiger partial charge in [0.05, 0.1) is 17.7 Å². The molecule has 20 heavy (non-hydrogen) atoms. The van der Waals surface area contributed by atoms with Gasteiger partial charge in [0.15, 0.2) is 5.78 Å². The summed E-state index contributed by atoms with van der Waals surface area (Å²) in [4.78, 5) is 20.9. The maximum Gasteiger partial charge on any atom is 0.178 e. The number of nitrogens with zero attached hydrogens (tertiary/aromatic N) is 3. The van der Waals surface area contributed by atoms with E-state index >= 15 is 0 Å². The summed E-state index contributed by atoms with van der Waals surface area (Å²) in [5.74, 6) is 0.773. The maximum atomic E-state index is 12.3. The lowest BCUT2D eigenvalue weighted by atomic mass is 9.77. The molecule has 4 nitrogen and oxygen atoms in total. The Morgan fingerprint density at radius 1 is 1.30 bits per heavy atom. The number of rotatable bonds is 2. The van der Waals surface area contributed by atoms with Crippen molar-refractivity contribution in [2.45, 2.75) is 25.3 Å². The summed E-state index contributed by atoms with van der Waals surface area (Å²) in [6.07, 6.45) is 7.15. The number of benzene rings is 1. The van der Waals surface area contributed by atoms with E-state index in [1.54, 1.807) is 6.20 Å². The van der Waals surface area contributed by atoms with Gasteiger partial charge in [-0.15, -0.1) is 0 Å². The van der Waals surface area contributed by atoms with Crippen molar-refractivity contribution in [2.24, 2.45) is 10.9 Å². The van der Waals surface area contributed by atoms with Crippen LogP contribution in [0.3, 0.4) is 0 Å². The molecule has 0 radical (unpaired) electrons. The molecule has 2 heterocycles. The van der Waals surface area contributed by atoms with E-state index in [-0.39, 0.29) is 11.7 Å². The van der Waals surface area contributed by atoms with Gasteiger partial charge in [0, 0.05) is 31.3 Å². The number of aromatic nitrogens is 2. The van der Waals surface area contributed by atoms with Gasteiger partial charge in [0.2, 0.25) is 0 Å². The molecule has 4 heteroatoms. The van der Waals surface area contributed by atoms with Crippen LogP contribution in [-0.2, 0) is 11.3 Å². The number of Topliss-reactive ketones (excluding diaryl/α,β-unsaturated/α-hetero) is 1. The molecule has 1 aromatic carbocycles. The van der Waals surface area contributed by atoms with Gasteiger partial charge in [-0.1, -0.05) is 18.2 Å². The molecule has 0 N–H and O–H groups in total. The predicted molar refractivity (Wildman–Crippen MR) is 76.2 cm³/mol. The maximum absolute atomic E-state index is 12.3. The Hall–Kier alpha value is -2.23. The highest BCUT2D eigenvalue weighted by molar-refractivity contribution is 6.44. The molecule has 4 rings (SSSR count). The third-order valence-corrected chi connectivity index (χ3v) is 4.24. The van der Waals surface area contributed by atoms with Gasteiger partial charge in [-0.3, -0.25) is 4.79 Å². The summed E-state index contributed by atoms with van der Waals surface area (Å²) in [7, 11) is 0. The molecule has 2 aromatic rings. The first kappa shape index (κ1) is 11.6. The first-order valence-electron chi connectivity index (χ1n) is 6.97. The highest BCUT2D eigenvalue weighted by atomic mass is 16.1. The van der Waals surface area contributed by atoms with Crippen LogP contribution in [0.2, 0.25) is 0 Å². The van der Waals surface area contributed by atoms with Gasteiger partial charge in [-0.25, -0.2) is 9.98 Å². The molecule has 2 atom stereocenters. The molecule has 1 aliphatic carbocycles. The van der Waals surface area contributed by atoms with Crippen molar-refractivity contribution in [1.82, 2.24) is 9.55 Å². The fraction of sp³-hybridized carbons (Fsp3) is 0.312. The minimum absolute atomic E-state index is 0.195. The van der Waals surface area contributed by atoms with Crippen LogP contribution in [0.5, 0.6) is 0 Å². The number of ketones is 1. The molecular formula is C16H15N3O. The van der Waals surface area contributed by atoms with E-state index in [0.29, 0.717) is 12.3 Å². The Balaban J connectivity index is 1.62. The Bertz CT molecular complexity index is 688. The fourth-order valence-corrected chi connectivity index (χ4v) is 3.35. The van der Waals surface area contributed by atoms with Crippen LogP contribution in [0.15, 0.2) is 48.0 Å². The third-order valence-electron chi connectivity index (χ3n) is 4.24. The van der Waals surface area contributed by atoms with E-state index in [9.17, 15) is 4.79 Å². The summed E-state index contributed by atoms with van der Waals surface area (Å²) in [6.45, 7) is 0.859. The van der Waals surface area contributed by atoms with Crippen molar-refractivity contribution in [3.63, 3.8) is 0 Å². The van der Waals surface area contributed by atoms with Crippen molar-refractivity contribution in [3.05, 3.63) is 48.5 Å². The SMILES string of the molecule is O=C1CC(Cn2ccnc2)CC2C1=Nc1ccccc12. The topological polar surface area (TPSA) is 47.2 Å². The molecule has 1 saturated carbocycles. The second-order valence-electron chi connectivity index (χ2n) is 5.60. The van der Waals surface area contributed by atoms with E-state index in [4.69, 9.17) is 0 Å². The van der Waals surface area contributed by atoms with E-state index in [0.717, 1.165) is 24.4 Å². The second-order valence-corrected chi connectivity index (χ2v) is 5.60. The molecule has 1 fully saturated rings. The molecular weight excluding hydrogens is 250 g/mol. The number of carbonyl (C=O) groups is 1. The number of aliphatic imine (C=N–C) groups is 1. The summed E-state index contributed by atoms with van der Waals surface area (Å²) >= 11 is 0. The van der Waals surface area contributed by atoms with Gasteiger partial charge >= 0.3 is 0 Å². The number of hydrogen-bond donors (Lipinski definition) is 0. The Morgan fingerprint density at radius 2 is 2.20 bits per heavy atom. The third kappa shape index (κ3) is 1.80. The number of hydrogen-bond acceptors (Lipinski definition) is 3. The lowest BCUT2D eigenvalue weighted by Gasteiger charge is -2.27. The van der Waals surface area contributed by atoms with Crippen LogP contribution in [0.1, 0.15) is 24.3 Å². The average Bonchev–Trinajstić information content (AvgIpc) is 3.07. The van der Waals surface area contributed by atoms with Crippen molar-refractivity contribution >= 4 is 17.2 Å². The van der Waals surface area contributed by atoms with Gasteiger partial charge in [-0.2, -0.15) is 0 Å². The zero-order valence-electron chi connectivity index (χ0n) is 11.1. The summed E-state index contributed by atoms with van der Waals surface area (Å²) in [6, 6.07) is 8.11. The summed E-state index contributed by atoms with van der Waals surface area (Å²) < 4.78 is 2.06. The number of para-hydroxylation sites is 1. The first-order chi connectivity index (χ1) is 9.81. The van der Waals surface area contributed by atoms with Crippen LogP contribution in [0.4, 0.5) is 5.69 Å². The van der Waals surface area contributed by atoms with Crippen LogP contribution in [-0.4, -0.2) is 21.0 Å². The van der Waals surface area contributed by atoms with Gasteiger partial charge in [-0.05, 0) is 24.0 Å². The molecule has 2 unspecified atom stereocenters. The van der Waals surface area contributed by atoms with Crippen LogP contribution in [0.25, 0.3) is 0 Å². The van der Waals surface area contributed by atoms with E-state index in [1.807, 2.05) is 30.7 Å². The molecule has 0 amide bonds. The minimum atomic E-state index is 0.195. The highest BCUT2D eigenvalue weighted by Crippen LogP contribution is 2.43.